The van der Waals surface area contributed by atoms with Gasteiger partial charge in [-0.05, 0) is 42.9 Å². The molecule has 1 aromatic heterocycles. The topological polar surface area (TPSA) is 71.3 Å². The van der Waals surface area contributed by atoms with E-state index in [0.29, 0.717) is 24.8 Å². The average molecular weight is 404 g/mol. The van der Waals surface area contributed by atoms with Gasteiger partial charge in [0, 0.05) is 25.1 Å². The highest BCUT2D eigenvalue weighted by Crippen LogP contribution is 2.65. The molecule has 3 fully saturated rings. The fraction of sp³-hybridized carbons (Fsp3) is 0.571. The number of carbonyl (C=O) groups is 1. The molecule has 2 heterocycles. The zero-order chi connectivity index (χ0) is 20.6. The number of likely N-dealkylation sites (tertiary alicyclic amines) is 1. The zero-order valence-electron chi connectivity index (χ0n) is 16.8. The molecule has 3 aliphatic rings. The van der Waals surface area contributed by atoms with Crippen molar-refractivity contribution in [2.24, 2.45) is 5.41 Å². The van der Waals surface area contributed by atoms with Crippen molar-refractivity contribution in [2.75, 3.05) is 25.0 Å². The summed E-state index contributed by atoms with van der Waals surface area (Å²) in [5.74, 6) is -1.79. The summed E-state index contributed by atoms with van der Waals surface area (Å²) in [6.45, 7) is 4.45. The lowest BCUT2D eigenvalue weighted by atomic mass is 10.1. The molecule has 1 N–H and O–H groups in total. The molecule has 6 nitrogen and oxygen atoms in total. The van der Waals surface area contributed by atoms with Gasteiger partial charge in [-0.25, -0.2) is 8.78 Å². The highest BCUT2D eigenvalue weighted by molar-refractivity contribution is 5.80. The first kappa shape index (κ1) is 19.8. The van der Waals surface area contributed by atoms with Crippen molar-refractivity contribution < 1.29 is 18.0 Å². The molecule has 0 radical (unpaired) electrons. The number of aromatic nitrogens is 2. The fourth-order valence-corrected chi connectivity index (χ4v) is 3.90. The summed E-state index contributed by atoms with van der Waals surface area (Å²) < 4.78 is 32.4. The molecule has 1 aliphatic heterocycles. The number of carbonyl (C=O) groups excluding carboxylic acids is 1. The molecule has 156 valence electrons. The summed E-state index contributed by atoms with van der Waals surface area (Å²) in [4.78, 5) is 13.7. The lowest BCUT2D eigenvalue weighted by Crippen LogP contribution is -2.34. The number of benzene rings is 1. The van der Waals surface area contributed by atoms with E-state index in [4.69, 9.17) is 4.42 Å². The Bertz CT molecular complexity index is 879. The maximum atomic E-state index is 13.4. The lowest BCUT2D eigenvalue weighted by Gasteiger charge is -2.16. The number of anilines is 1. The Morgan fingerprint density at radius 1 is 1.24 bits per heavy atom. The predicted octanol–water partition coefficient (Wildman–Crippen LogP) is 4.31. The van der Waals surface area contributed by atoms with E-state index in [0.717, 1.165) is 5.56 Å². The van der Waals surface area contributed by atoms with E-state index < -0.39 is 11.3 Å². The average Bonchev–Trinajstić information content (AvgIpc) is 3.52. The number of amides is 1. The largest absolute Gasteiger partial charge is 0.403 e. The van der Waals surface area contributed by atoms with Crippen LogP contribution in [0, 0.1) is 5.41 Å². The van der Waals surface area contributed by atoms with Gasteiger partial charge in [0.05, 0.1) is 12.0 Å². The first-order valence-corrected chi connectivity index (χ1v) is 10.3. The van der Waals surface area contributed by atoms with Gasteiger partial charge in [-0.3, -0.25) is 4.79 Å². The van der Waals surface area contributed by atoms with E-state index in [-0.39, 0.29) is 31.4 Å². The molecule has 29 heavy (non-hydrogen) atoms. The smallest absolute Gasteiger partial charge is 0.316 e. The van der Waals surface area contributed by atoms with Crippen LogP contribution in [-0.4, -0.2) is 46.6 Å². The number of halogens is 2. The Balaban J connectivity index is 0.000000994. The molecule has 1 atom stereocenters. The normalized spacial score (nSPS) is 24.2. The molecule has 1 spiro atoms. The van der Waals surface area contributed by atoms with Crippen molar-refractivity contribution in [3.63, 3.8) is 0 Å². The van der Waals surface area contributed by atoms with E-state index in [2.05, 4.69) is 27.6 Å². The van der Waals surface area contributed by atoms with Crippen LogP contribution in [0.15, 0.2) is 28.7 Å². The van der Waals surface area contributed by atoms with Crippen LogP contribution in [0.5, 0.6) is 0 Å². The molecule has 8 heteroatoms. The molecule has 0 bridgehead atoms. The number of alkyl halides is 2. The monoisotopic (exact) mass is 404 g/mol. The number of hydrogen-bond donors (Lipinski definition) is 1. The molecular formula is C21H26F2N4O2. The SMILES string of the molecule is CC.O=C(CNc1nnc(-c2ccc(C3CC3)cc2)o1)N1CCC2(C1)CC2(F)F. The number of nitrogens with one attached hydrogen (secondary N) is 1. The third-order valence-corrected chi connectivity index (χ3v) is 5.94. The number of rotatable bonds is 5. The van der Waals surface area contributed by atoms with E-state index >= 15 is 0 Å². The summed E-state index contributed by atoms with van der Waals surface area (Å²) in [5.41, 5.74) is 1.17. The molecule has 5 rings (SSSR count). The van der Waals surface area contributed by atoms with Gasteiger partial charge in [0.15, 0.2) is 0 Å². The van der Waals surface area contributed by atoms with Crippen molar-refractivity contribution in [1.82, 2.24) is 15.1 Å². The summed E-state index contributed by atoms with van der Waals surface area (Å²) in [6, 6.07) is 8.20. The van der Waals surface area contributed by atoms with Crippen LogP contribution in [0.4, 0.5) is 14.8 Å². The minimum absolute atomic E-state index is 0.0517. The van der Waals surface area contributed by atoms with Crippen molar-refractivity contribution in [3.05, 3.63) is 29.8 Å². The number of hydrogen-bond acceptors (Lipinski definition) is 5. The third-order valence-electron chi connectivity index (χ3n) is 5.94. The maximum Gasteiger partial charge on any atom is 0.316 e. The van der Waals surface area contributed by atoms with Crippen LogP contribution in [0.25, 0.3) is 11.5 Å². The van der Waals surface area contributed by atoms with Crippen LogP contribution in [0.2, 0.25) is 0 Å². The van der Waals surface area contributed by atoms with Crippen LogP contribution in [0.3, 0.4) is 0 Å². The predicted molar refractivity (Wildman–Crippen MR) is 105 cm³/mol. The van der Waals surface area contributed by atoms with Crippen LogP contribution < -0.4 is 5.32 Å². The van der Waals surface area contributed by atoms with Crippen LogP contribution >= 0.6 is 0 Å². The van der Waals surface area contributed by atoms with Gasteiger partial charge in [-0.1, -0.05) is 31.1 Å². The Morgan fingerprint density at radius 3 is 2.52 bits per heavy atom. The van der Waals surface area contributed by atoms with Gasteiger partial charge >= 0.3 is 6.01 Å². The fourth-order valence-electron chi connectivity index (χ4n) is 3.90. The zero-order valence-corrected chi connectivity index (χ0v) is 16.8. The second-order valence-electron chi connectivity index (χ2n) is 7.89. The van der Waals surface area contributed by atoms with E-state index in [1.54, 1.807) is 0 Å². The third kappa shape index (κ3) is 3.84. The van der Waals surface area contributed by atoms with Crippen LogP contribution in [-0.2, 0) is 4.79 Å². The van der Waals surface area contributed by atoms with Gasteiger partial charge in [-0.15, -0.1) is 5.10 Å². The molecule has 2 saturated carbocycles. The molecule has 2 aliphatic carbocycles. The summed E-state index contributed by atoms with van der Waals surface area (Å²) in [7, 11) is 0. The van der Waals surface area contributed by atoms with Crippen molar-refractivity contribution in [1.29, 1.82) is 0 Å². The first-order valence-electron chi connectivity index (χ1n) is 10.3. The number of nitrogens with zero attached hydrogens (tertiary/aromatic N) is 3. The lowest BCUT2D eigenvalue weighted by molar-refractivity contribution is -0.128. The van der Waals surface area contributed by atoms with E-state index in [1.807, 2.05) is 26.0 Å². The first-order chi connectivity index (χ1) is 14.0. The quantitative estimate of drug-likeness (QED) is 0.804. The summed E-state index contributed by atoms with van der Waals surface area (Å²) in [5, 5.41) is 10.7. The summed E-state index contributed by atoms with van der Waals surface area (Å²) >= 11 is 0. The van der Waals surface area contributed by atoms with Crippen molar-refractivity contribution >= 4 is 11.9 Å². The molecule has 1 saturated heterocycles. The van der Waals surface area contributed by atoms with Crippen LogP contribution in [0.1, 0.15) is 51.0 Å². The minimum atomic E-state index is -2.62. The maximum absolute atomic E-state index is 13.4. The Morgan fingerprint density at radius 2 is 1.93 bits per heavy atom. The Hall–Kier alpha value is -2.51. The van der Waals surface area contributed by atoms with Crippen molar-refractivity contribution in [3.8, 4) is 11.5 Å². The van der Waals surface area contributed by atoms with Crippen molar-refractivity contribution in [2.45, 2.75) is 51.4 Å². The Kier molecular flexibility index (Phi) is 5.04. The molecule has 1 unspecified atom stereocenters. The molecule has 2 aromatic rings. The van der Waals surface area contributed by atoms with Gasteiger partial charge in [0.2, 0.25) is 11.8 Å². The van der Waals surface area contributed by atoms with E-state index in [1.165, 1.54) is 23.3 Å². The second-order valence-corrected chi connectivity index (χ2v) is 7.89. The van der Waals surface area contributed by atoms with Gasteiger partial charge in [0.1, 0.15) is 0 Å². The van der Waals surface area contributed by atoms with Gasteiger partial charge in [0.25, 0.3) is 5.92 Å². The molecule has 1 aromatic carbocycles. The standard InChI is InChI=1S/C19H20F2N4O2.C2H6/c20-19(21)10-18(19)7-8-25(11-18)15(26)9-22-17-24-23-16(27-17)14-5-3-13(4-6-14)12-1-2-12;1-2/h3-6,12H,1-2,7-11H2,(H,22,24);1-2H3. The van der Waals surface area contributed by atoms with E-state index in [9.17, 15) is 13.6 Å². The highest BCUT2D eigenvalue weighted by atomic mass is 19.3. The van der Waals surface area contributed by atoms with Gasteiger partial charge in [-0.2, -0.15) is 0 Å². The Labute approximate surface area is 168 Å². The van der Waals surface area contributed by atoms with Gasteiger partial charge < -0.3 is 14.6 Å². The minimum Gasteiger partial charge on any atom is -0.403 e. The second kappa shape index (κ2) is 7.39. The summed E-state index contributed by atoms with van der Waals surface area (Å²) in [6.07, 6.45) is 2.76. The highest BCUT2D eigenvalue weighted by Gasteiger charge is 2.72. The molecule has 1 amide bonds. The molecular weight excluding hydrogens is 378 g/mol.